The smallest absolute Gasteiger partial charge is 0.310 e. The van der Waals surface area contributed by atoms with E-state index in [0.29, 0.717) is 5.92 Å². The van der Waals surface area contributed by atoms with Crippen LogP contribution in [-0.4, -0.2) is 36.1 Å². The zero-order chi connectivity index (χ0) is 12.9. The van der Waals surface area contributed by atoms with Crippen molar-refractivity contribution in [2.45, 2.75) is 57.0 Å². The molecule has 2 bridgehead atoms. The van der Waals surface area contributed by atoms with Gasteiger partial charge in [0.25, 0.3) is 0 Å². The van der Waals surface area contributed by atoms with Gasteiger partial charge in [-0.25, -0.2) is 0 Å². The van der Waals surface area contributed by atoms with Crippen molar-refractivity contribution in [3.63, 3.8) is 0 Å². The predicted molar refractivity (Wildman–Crippen MR) is 72.7 cm³/mol. The minimum atomic E-state index is -0.0273. The summed E-state index contributed by atoms with van der Waals surface area (Å²) in [6, 6.07) is 0. The largest absolute Gasteiger partial charge is 0.458 e. The number of hydrogen-bond acceptors (Lipinski definition) is 3. The third kappa shape index (κ3) is 2.01. The lowest BCUT2D eigenvalue weighted by atomic mass is 9.80. The SMILES string of the molecule is O=C1OC2(CC3CCC2C3)CC1CN1CCCCC1. The van der Waals surface area contributed by atoms with Crippen molar-refractivity contribution >= 4 is 5.97 Å². The fourth-order valence-electron chi connectivity index (χ4n) is 5.19. The standard InChI is InChI=1S/C16H25NO2/c18-15-13(11-17-6-2-1-3-7-17)10-16(19-15)9-12-4-5-14(16)8-12/h12-14H,1-11H2. The van der Waals surface area contributed by atoms with E-state index in [1.807, 2.05) is 0 Å². The topological polar surface area (TPSA) is 29.5 Å². The third-order valence-corrected chi connectivity index (χ3v) is 6.08. The number of fused-ring (bicyclic) bond motifs is 3. The zero-order valence-corrected chi connectivity index (χ0v) is 11.8. The Balaban J connectivity index is 1.42. The summed E-state index contributed by atoms with van der Waals surface area (Å²) in [5, 5.41) is 0. The predicted octanol–water partition coefficient (Wildman–Crippen LogP) is 2.59. The Morgan fingerprint density at radius 2 is 2.00 bits per heavy atom. The van der Waals surface area contributed by atoms with E-state index in [9.17, 15) is 4.79 Å². The number of hydrogen-bond donors (Lipinski definition) is 0. The molecule has 0 aromatic heterocycles. The van der Waals surface area contributed by atoms with Crippen LogP contribution in [0.2, 0.25) is 0 Å². The van der Waals surface area contributed by atoms with Crippen molar-refractivity contribution in [3.05, 3.63) is 0 Å². The van der Waals surface area contributed by atoms with Crippen molar-refractivity contribution < 1.29 is 9.53 Å². The van der Waals surface area contributed by atoms with Crippen molar-refractivity contribution in [3.8, 4) is 0 Å². The molecular formula is C16H25NO2. The highest BCUT2D eigenvalue weighted by molar-refractivity contribution is 5.75. The molecule has 3 heteroatoms. The maximum absolute atomic E-state index is 12.2. The average molecular weight is 263 g/mol. The molecule has 0 N–H and O–H groups in total. The number of piperidine rings is 1. The summed E-state index contributed by atoms with van der Waals surface area (Å²) in [6.45, 7) is 3.32. The van der Waals surface area contributed by atoms with E-state index in [0.717, 1.165) is 18.9 Å². The molecule has 2 aliphatic carbocycles. The van der Waals surface area contributed by atoms with Crippen LogP contribution < -0.4 is 0 Å². The van der Waals surface area contributed by atoms with Crippen molar-refractivity contribution in [1.29, 1.82) is 0 Å². The number of ether oxygens (including phenoxy) is 1. The molecule has 4 rings (SSSR count). The summed E-state index contributed by atoms with van der Waals surface area (Å²) in [4.78, 5) is 14.7. The second-order valence-corrected chi connectivity index (χ2v) is 7.33. The molecule has 0 aromatic rings. The van der Waals surface area contributed by atoms with Crippen LogP contribution >= 0.6 is 0 Å². The Hall–Kier alpha value is -0.570. The van der Waals surface area contributed by atoms with Crippen LogP contribution in [0.15, 0.2) is 0 Å². The number of carbonyl (C=O) groups is 1. The second kappa shape index (κ2) is 4.47. The fourth-order valence-corrected chi connectivity index (χ4v) is 5.19. The molecular weight excluding hydrogens is 238 g/mol. The minimum Gasteiger partial charge on any atom is -0.458 e. The van der Waals surface area contributed by atoms with Gasteiger partial charge in [0, 0.05) is 13.0 Å². The van der Waals surface area contributed by atoms with Gasteiger partial charge < -0.3 is 9.64 Å². The van der Waals surface area contributed by atoms with Gasteiger partial charge in [0.15, 0.2) is 0 Å². The number of rotatable bonds is 2. The van der Waals surface area contributed by atoms with Crippen LogP contribution in [0.3, 0.4) is 0 Å². The second-order valence-electron chi connectivity index (χ2n) is 7.33. The molecule has 0 radical (unpaired) electrons. The van der Waals surface area contributed by atoms with E-state index < -0.39 is 0 Å². The Morgan fingerprint density at radius 3 is 2.68 bits per heavy atom. The van der Waals surface area contributed by atoms with Crippen LogP contribution in [0.5, 0.6) is 0 Å². The van der Waals surface area contributed by atoms with Crippen LogP contribution in [-0.2, 0) is 9.53 Å². The summed E-state index contributed by atoms with van der Waals surface area (Å²) in [7, 11) is 0. The molecule has 2 saturated carbocycles. The number of carbonyl (C=O) groups excluding carboxylic acids is 1. The lowest BCUT2D eigenvalue weighted by Crippen LogP contribution is -2.36. The first-order chi connectivity index (χ1) is 9.25. The molecule has 4 unspecified atom stereocenters. The van der Waals surface area contributed by atoms with Crippen LogP contribution in [0.1, 0.15) is 51.4 Å². The lowest BCUT2D eigenvalue weighted by molar-refractivity contribution is -0.154. The van der Waals surface area contributed by atoms with E-state index >= 15 is 0 Å². The molecule has 19 heavy (non-hydrogen) atoms. The maximum atomic E-state index is 12.2. The van der Waals surface area contributed by atoms with E-state index in [1.54, 1.807) is 0 Å². The highest BCUT2D eigenvalue weighted by Gasteiger charge is 2.58. The number of esters is 1. The molecule has 106 valence electrons. The average Bonchev–Trinajstić information content (AvgIpc) is 3.07. The molecule has 0 aromatic carbocycles. The summed E-state index contributed by atoms with van der Waals surface area (Å²) in [5.41, 5.74) is -0.0273. The van der Waals surface area contributed by atoms with Gasteiger partial charge in [-0.1, -0.05) is 6.42 Å². The first-order valence-electron chi connectivity index (χ1n) is 8.20. The fraction of sp³-hybridized carbons (Fsp3) is 0.938. The third-order valence-electron chi connectivity index (χ3n) is 6.08. The summed E-state index contributed by atoms with van der Waals surface area (Å²) >= 11 is 0. The van der Waals surface area contributed by atoms with Crippen LogP contribution in [0, 0.1) is 17.8 Å². The van der Waals surface area contributed by atoms with Crippen LogP contribution in [0.4, 0.5) is 0 Å². The highest BCUT2D eigenvalue weighted by atomic mass is 16.6. The molecule has 3 nitrogen and oxygen atoms in total. The Labute approximate surface area is 115 Å². The summed E-state index contributed by atoms with van der Waals surface area (Å²) in [6.07, 6.45) is 10.1. The molecule has 2 saturated heterocycles. The first-order valence-corrected chi connectivity index (χ1v) is 8.20. The Kier molecular flexibility index (Phi) is 2.87. The normalized spacial score (nSPS) is 46.1. The van der Waals surface area contributed by atoms with Crippen molar-refractivity contribution in [2.75, 3.05) is 19.6 Å². The quantitative estimate of drug-likeness (QED) is 0.717. The van der Waals surface area contributed by atoms with Crippen LogP contribution in [0.25, 0.3) is 0 Å². The molecule has 4 fully saturated rings. The van der Waals surface area contributed by atoms with Gasteiger partial charge in [-0.05, 0) is 63.5 Å². The van der Waals surface area contributed by atoms with Crippen molar-refractivity contribution in [2.24, 2.45) is 17.8 Å². The summed E-state index contributed by atoms with van der Waals surface area (Å²) in [5.74, 6) is 1.81. The van der Waals surface area contributed by atoms with E-state index in [1.165, 1.54) is 58.0 Å². The number of likely N-dealkylation sites (tertiary alicyclic amines) is 1. The maximum Gasteiger partial charge on any atom is 0.310 e. The molecule has 4 atom stereocenters. The Bertz CT molecular complexity index is 377. The molecule has 2 heterocycles. The zero-order valence-electron chi connectivity index (χ0n) is 11.8. The summed E-state index contributed by atoms with van der Waals surface area (Å²) < 4.78 is 5.93. The first kappa shape index (κ1) is 12.2. The van der Waals surface area contributed by atoms with Gasteiger partial charge in [-0.2, -0.15) is 0 Å². The lowest BCUT2D eigenvalue weighted by Gasteiger charge is -2.32. The molecule has 4 aliphatic rings. The van der Waals surface area contributed by atoms with E-state index in [-0.39, 0.29) is 17.5 Å². The van der Waals surface area contributed by atoms with Gasteiger partial charge in [-0.3, -0.25) is 4.79 Å². The van der Waals surface area contributed by atoms with Gasteiger partial charge in [0.2, 0.25) is 0 Å². The van der Waals surface area contributed by atoms with Gasteiger partial charge in [0.05, 0.1) is 5.92 Å². The van der Waals surface area contributed by atoms with Crippen molar-refractivity contribution in [1.82, 2.24) is 4.90 Å². The van der Waals surface area contributed by atoms with E-state index in [4.69, 9.17) is 4.74 Å². The van der Waals surface area contributed by atoms with Gasteiger partial charge >= 0.3 is 5.97 Å². The molecule has 2 aliphatic heterocycles. The monoisotopic (exact) mass is 263 g/mol. The molecule has 0 amide bonds. The minimum absolute atomic E-state index is 0.0273. The molecule has 1 spiro atoms. The number of nitrogens with zero attached hydrogens (tertiary/aromatic N) is 1. The van der Waals surface area contributed by atoms with Gasteiger partial charge in [-0.15, -0.1) is 0 Å². The highest BCUT2D eigenvalue weighted by Crippen LogP contribution is 2.57. The van der Waals surface area contributed by atoms with E-state index in [2.05, 4.69) is 4.90 Å². The Morgan fingerprint density at radius 1 is 1.16 bits per heavy atom. The van der Waals surface area contributed by atoms with Gasteiger partial charge in [0.1, 0.15) is 5.60 Å².